The van der Waals surface area contributed by atoms with Crippen LogP contribution in [0.2, 0.25) is 0 Å². The molecule has 0 aromatic carbocycles. The standard InChI is InChI=1S/C6H11NO2/c1-4(6(7)9)3-5(2)8/h4H,3H2,1-2H3,(H2,7,9). The van der Waals surface area contributed by atoms with E-state index >= 15 is 0 Å². The number of ketones is 1. The minimum atomic E-state index is -0.412. The maximum absolute atomic E-state index is 10.4. The molecule has 3 nitrogen and oxygen atoms in total. The Kier molecular flexibility index (Phi) is 2.91. The molecule has 3 heteroatoms. The van der Waals surface area contributed by atoms with Gasteiger partial charge in [0.05, 0.1) is 0 Å². The second-order valence-corrected chi connectivity index (χ2v) is 2.21. The van der Waals surface area contributed by atoms with Crippen LogP contribution < -0.4 is 5.73 Å². The Morgan fingerprint density at radius 1 is 1.56 bits per heavy atom. The van der Waals surface area contributed by atoms with Gasteiger partial charge in [-0.25, -0.2) is 0 Å². The largest absolute Gasteiger partial charge is 0.369 e. The number of amides is 1. The Morgan fingerprint density at radius 3 is 2.11 bits per heavy atom. The first-order valence-electron chi connectivity index (χ1n) is 2.82. The zero-order valence-electron chi connectivity index (χ0n) is 5.68. The summed E-state index contributed by atoms with van der Waals surface area (Å²) in [6.45, 7) is 3.09. The predicted octanol–water partition coefficient (Wildman–Crippen LogP) is 0.0869. The van der Waals surface area contributed by atoms with Gasteiger partial charge in [-0.1, -0.05) is 6.92 Å². The maximum Gasteiger partial charge on any atom is 0.220 e. The number of hydrogen-bond acceptors (Lipinski definition) is 2. The molecule has 0 aliphatic rings. The van der Waals surface area contributed by atoms with Crippen LogP contribution >= 0.6 is 0 Å². The number of Topliss-reactive ketones (excluding diaryl/α,β-unsaturated/α-hetero) is 1. The Hall–Kier alpha value is -0.860. The van der Waals surface area contributed by atoms with Crippen molar-refractivity contribution in [3.05, 3.63) is 0 Å². The van der Waals surface area contributed by atoms with Gasteiger partial charge in [-0.2, -0.15) is 0 Å². The monoisotopic (exact) mass is 129 g/mol. The fraction of sp³-hybridized carbons (Fsp3) is 0.667. The molecule has 0 bridgehead atoms. The van der Waals surface area contributed by atoms with Gasteiger partial charge >= 0.3 is 0 Å². The molecular weight excluding hydrogens is 118 g/mol. The number of rotatable bonds is 3. The van der Waals surface area contributed by atoms with Crippen molar-refractivity contribution in [1.82, 2.24) is 0 Å². The SMILES string of the molecule is CC(=O)CC(C)C(N)=O. The van der Waals surface area contributed by atoms with E-state index < -0.39 is 5.91 Å². The van der Waals surface area contributed by atoms with Crippen molar-refractivity contribution in [1.29, 1.82) is 0 Å². The Balaban J connectivity index is 3.63. The summed E-state index contributed by atoms with van der Waals surface area (Å²) >= 11 is 0. The van der Waals surface area contributed by atoms with Crippen molar-refractivity contribution in [2.24, 2.45) is 11.7 Å². The van der Waals surface area contributed by atoms with E-state index in [2.05, 4.69) is 0 Å². The molecule has 52 valence electrons. The van der Waals surface area contributed by atoms with Gasteiger partial charge in [-0.15, -0.1) is 0 Å². The third-order valence-electron chi connectivity index (χ3n) is 1.08. The van der Waals surface area contributed by atoms with Crippen LogP contribution in [0.4, 0.5) is 0 Å². The highest BCUT2D eigenvalue weighted by molar-refractivity contribution is 5.84. The van der Waals surface area contributed by atoms with Crippen LogP contribution in [-0.2, 0) is 9.59 Å². The van der Waals surface area contributed by atoms with Crippen molar-refractivity contribution in [2.75, 3.05) is 0 Å². The van der Waals surface area contributed by atoms with Crippen molar-refractivity contribution >= 4 is 11.7 Å². The molecule has 0 heterocycles. The second kappa shape index (κ2) is 3.22. The first-order valence-corrected chi connectivity index (χ1v) is 2.82. The molecule has 0 rings (SSSR count). The molecule has 1 atom stereocenters. The Morgan fingerprint density at radius 2 is 2.00 bits per heavy atom. The Bertz CT molecular complexity index is 131. The zero-order valence-corrected chi connectivity index (χ0v) is 5.68. The van der Waals surface area contributed by atoms with E-state index in [1.807, 2.05) is 0 Å². The lowest BCUT2D eigenvalue weighted by Crippen LogP contribution is -2.22. The third-order valence-corrected chi connectivity index (χ3v) is 1.08. The van der Waals surface area contributed by atoms with Crippen molar-refractivity contribution < 1.29 is 9.59 Å². The summed E-state index contributed by atoms with van der Waals surface area (Å²) in [4.78, 5) is 20.7. The van der Waals surface area contributed by atoms with E-state index in [0.29, 0.717) is 0 Å². The smallest absolute Gasteiger partial charge is 0.220 e. The van der Waals surface area contributed by atoms with Crippen LogP contribution in [0.3, 0.4) is 0 Å². The van der Waals surface area contributed by atoms with Crippen LogP contribution in [0.25, 0.3) is 0 Å². The average molecular weight is 129 g/mol. The quantitative estimate of drug-likeness (QED) is 0.587. The molecule has 0 aliphatic carbocycles. The van der Waals surface area contributed by atoms with Gasteiger partial charge in [0.2, 0.25) is 5.91 Å². The van der Waals surface area contributed by atoms with Gasteiger partial charge in [-0.3, -0.25) is 4.79 Å². The minimum absolute atomic E-state index is 0.00120. The van der Waals surface area contributed by atoms with Crippen molar-refractivity contribution in [3.8, 4) is 0 Å². The normalized spacial score (nSPS) is 12.7. The highest BCUT2D eigenvalue weighted by Crippen LogP contribution is 1.99. The van der Waals surface area contributed by atoms with Crippen molar-refractivity contribution in [2.45, 2.75) is 20.3 Å². The summed E-state index contributed by atoms with van der Waals surface area (Å²) in [6, 6.07) is 0. The maximum atomic E-state index is 10.4. The van der Waals surface area contributed by atoms with Crippen molar-refractivity contribution in [3.63, 3.8) is 0 Å². The lowest BCUT2D eigenvalue weighted by atomic mass is 10.1. The highest BCUT2D eigenvalue weighted by atomic mass is 16.1. The molecular formula is C6H11NO2. The minimum Gasteiger partial charge on any atom is -0.369 e. The van der Waals surface area contributed by atoms with Gasteiger partial charge in [0.15, 0.2) is 0 Å². The van der Waals surface area contributed by atoms with E-state index in [1.54, 1.807) is 6.92 Å². The first kappa shape index (κ1) is 8.14. The van der Waals surface area contributed by atoms with Crippen LogP contribution in [-0.4, -0.2) is 11.7 Å². The van der Waals surface area contributed by atoms with Crippen LogP contribution in [0.1, 0.15) is 20.3 Å². The fourth-order valence-corrected chi connectivity index (χ4v) is 0.532. The summed E-state index contributed by atoms with van der Waals surface area (Å²) in [5, 5.41) is 0. The molecule has 0 radical (unpaired) electrons. The number of primary amides is 1. The molecule has 0 aliphatic heterocycles. The summed E-state index contributed by atoms with van der Waals surface area (Å²) in [5.74, 6) is -0.728. The lowest BCUT2D eigenvalue weighted by molar-refractivity contribution is -0.126. The molecule has 0 aromatic rings. The lowest BCUT2D eigenvalue weighted by Gasteiger charge is -2.01. The van der Waals surface area contributed by atoms with E-state index in [0.717, 1.165) is 0 Å². The fourth-order valence-electron chi connectivity index (χ4n) is 0.532. The summed E-state index contributed by atoms with van der Waals surface area (Å²) in [6.07, 6.45) is 0.259. The second-order valence-electron chi connectivity index (χ2n) is 2.21. The van der Waals surface area contributed by atoms with E-state index in [1.165, 1.54) is 6.92 Å². The predicted molar refractivity (Wildman–Crippen MR) is 33.7 cm³/mol. The number of hydrogen-bond donors (Lipinski definition) is 1. The third kappa shape index (κ3) is 3.70. The molecule has 1 unspecified atom stereocenters. The van der Waals surface area contributed by atoms with Crippen LogP contribution in [0, 0.1) is 5.92 Å². The Labute approximate surface area is 54.2 Å². The molecule has 0 saturated heterocycles. The zero-order chi connectivity index (χ0) is 7.44. The summed E-state index contributed by atoms with van der Waals surface area (Å²) in [5.41, 5.74) is 4.89. The summed E-state index contributed by atoms with van der Waals surface area (Å²) in [7, 11) is 0. The molecule has 0 saturated carbocycles. The number of nitrogens with two attached hydrogens (primary N) is 1. The van der Waals surface area contributed by atoms with Gasteiger partial charge < -0.3 is 10.5 Å². The average Bonchev–Trinajstić information content (AvgIpc) is 1.63. The molecule has 0 aromatic heterocycles. The number of carbonyl (C=O) groups excluding carboxylic acids is 2. The first-order chi connectivity index (χ1) is 4.04. The number of carbonyl (C=O) groups is 2. The van der Waals surface area contributed by atoms with Gasteiger partial charge in [0.1, 0.15) is 5.78 Å². The van der Waals surface area contributed by atoms with E-state index in [4.69, 9.17) is 5.73 Å². The highest BCUT2D eigenvalue weighted by Gasteiger charge is 2.09. The van der Waals surface area contributed by atoms with E-state index in [-0.39, 0.29) is 18.1 Å². The van der Waals surface area contributed by atoms with Gasteiger partial charge in [0.25, 0.3) is 0 Å². The molecule has 0 fully saturated rings. The summed E-state index contributed by atoms with van der Waals surface area (Å²) < 4.78 is 0. The molecule has 9 heavy (non-hydrogen) atoms. The molecule has 0 spiro atoms. The van der Waals surface area contributed by atoms with Gasteiger partial charge in [0, 0.05) is 12.3 Å². The molecule has 1 amide bonds. The van der Waals surface area contributed by atoms with Crippen LogP contribution in [0.5, 0.6) is 0 Å². The van der Waals surface area contributed by atoms with E-state index in [9.17, 15) is 9.59 Å². The van der Waals surface area contributed by atoms with Crippen LogP contribution in [0.15, 0.2) is 0 Å². The van der Waals surface area contributed by atoms with Gasteiger partial charge in [-0.05, 0) is 6.92 Å². The topological polar surface area (TPSA) is 60.2 Å². The molecule has 2 N–H and O–H groups in total.